The van der Waals surface area contributed by atoms with Gasteiger partial charge in [-0.3, -0.25) is 0 Å². The summed E-state index contributed by atoms with van der Waals surface area (Å²) in [5, 5.41) is 8.05. The molecule has 4 nitrogen and oxygen atoms in total. The van der Waals surface area contributed by atoms with E-state index in [-0.39, 0.29) is 0 Å². The quantitative estimate of drug-likeness (QED) is 0.905. The zero-order valence-electron chi connectivity index (χ0n) is 9.90. The van der Waals surface area contributed by atoms with E-state index in [1.54, 1.807) is 0 Å². The van der Waals surface area contributed by atoms with Gasteiger partial charge in [-0.2, -0.15) is 4.98 Å². The molecule has 0 radical (unpaired) electrons. The Hall–Kier alpha value is -1.39. The average Bonchev–Trinajstić information content (AvgIpc) is 2.89. The van der Waals surface area contributed by atoms with Crippen molar-refractivity contribution in [2.75, 3.05) is 13.1 Å². The molecule has 3 rings (SSSR count). The Balaban J connectivity index is 1.84. The molecular formula is C13H14ClN3O. The first kappa shape index (κ1) is 11.7. The van der Waals surface area contributed by atoms with E-state index in [0.717, 1.165) is 37.4 Å². The molecule has 1 fully saturated rings. The Bertz CT molecular complexity index is 535. The van der Waals surface area contributed by atoms with E-state index in [4.69, 9.17) is 16.1 Å². The van der Waals surface area contributed by atoms with Crippen molar-refractivity contribution >= 4 is 11.6 Å². The van der Waals surface area contributed by atoms with Gasteiger partial charge in [-0.05, 0) is 31.5 Å². The number of piperidine rings is 1. The number of halogens is 1. The molecule has 18 heavy (non-hydrogen) atoms. The minimum atomic E-state index is 0.333. The lowest BCUT2D eigenvalue weighted by molar-refractivity contribution is 0.322. The highest BCUT2D eigenvalue weighted by atomic mass is 35.5. The van der Waals surface area contributed by atoms with Crippen molar-refractivity contribution in [3.63, 3.8) is 0 Å². The van der Waals surface area contributed by atoms with Crippen LogP contribution < -0.4 is 5.32 Å². The van der Waals surface area contributed by atoms with Gasteiger partial charge >= 0.3 is 0 Å². The zero-order valence-corrected chi connectivity index (χ0v) is 10.7. The largest absolute Gasteiger partial charge is 0.339 e. The van der Waals surface area contributed by atoms with Crippen LogP contribution in [-0.2, 0) is 0 Å². The molecule has 1 aromatic heterocycles. The molecule has 0 amide bonds. The standard InChI is InChI=1S/C13H14ClN3O/c14-11-5-1-3-9(7-11)12-16-13(18-17-12)10-4-2-6-15-8-10/h1,3,5,7,10,15H,2,4,6,8H2/t10-/m1/s1. The third kappa shape index (κ3) is 2.40. The van der Waals surface area contributed by atoms with Gasteiger partial charge in [0.25, 0.3) is 0 Å². The Kier molecular flexibility index (Phi) is 3.30. The minimum absolute atomic E-state index is 0.333. The average molecular weight is 264 g/mol. The van der Waals surface area contributed by atoms with Crippen LogP contribution in [0, 0.1) is 0 Å². The van der Waals surface area contributed by atoms with Crippen molar-refractivity contribution in [1.82, 2.24) is 15.5 Å². The van der Waals surface area contributed by atoms with Gasteiger partial charge in [0.2, 0.25) is 11.7 Å². The van der Waals surface area contributed by atoms with Gasteiger partial charge in [0.05, 0.1) is 5.92 Å². The fourth-order valence-electron chi connectivity index (χ4n) is 2.21. The maximum Gasteiger partial charge on any atom is 0.231 e. The Morgan fingerprint density at radius 1 is 1.39 bits per heavy atom. The summed E-state index contributed by atoms with van der Waals surface area (Å²) in [4.78, 5) is 4.47. The molecule has 1 saturated heterocycles. The molecule has 0 saturated carbocycles. The van der Waals surface area contributed by atoms with Crippen LogP contribution in [0.5, 0.6) is 0 Å². The van der Waals surface area contributed by atoms with Crippen LogP contribution in [0.25, 0.3) is 11.4 Å². The molecule has 0 aliphatic carbocycles. The van der Waals surface area contributed by atoms with Crippen molar-refractivity contribution in [3.05, 3.63) is 35.2 Å². The second kappa shape index (κ2) is 5.08. The first-order chi connectivity index (χ1) is 8.83. The van der Waals surface area contributed by atoms with Crippen LogP contribution in [0.1, 0.15) is 24.7 Å². The second-order valence-corrected chi connectivity index (χ2v) is 4.95. The number of nitrogens with one attached hydrogen (secondary N) is 1. The van der Waals surface area contributed by atoms with Crippen LogP contribution in [0.4, 0.5) is 0 Å². The third-order valence-corrected chi connectivity index (χ3v) is 3.41. The summed E-state index contributed by atoms with van der Waals surface area (Å²) < 4.78 is 5.35. The lowest BCUT2D eigenvalue weighted by atomic mass is 10.00. The first-order valence-corrected chi connectivity index (χ1v) is 6.51. The van der Waals surface area contributed by atoms with Crippen LogP contribution >= 0.6 is 11.6 Å². The SMILES string of the molecule is Clc1cccc(-c2noc([C@@H]3CCCNC3)n2)c1. The molecule has 1 aliphatic rings. The normalized spacial score (nSPS) is 19.9. The number of rotatable bonds is 2. The van der Waals surface area contributed by atoms with Crippen molar-refractivity contribution in [2.24, 2.45) is 0 Å². The summed E-state index contributed by atoms with van der Waals surface area (Å²) in [5.74, 6) is 1.66. The fraction of sp³-hybridized carbons (Fsp3) is 0.385. The molecular weight excluding hydrogens is 250 g/mol. The van der Waals surface area contributed by atoms with Gasteiger partial charge in [0, 0.05) is 17.1 Å². The summed E-state index contributed by atoms with van der Waals surface area (Å²) in [6, 6.07) is 7.49. The highest BCUT2D eigenvalue weighted by Gasteiger charge is 2.21. The summed E-state index contributed by atoms with van der Waals surface area (Å²) in [5.41, 5.74) is 0.890. The molecule has 94 valence electrons. The second-order valence-electron chi connectivity index (χ2n) is 4.51. The predicted molar refractivity (Wildman–Crippen MR) is 69.6 cm³/mol. The number of benzene rings is 1. The lowest BCUT2D eigenvalue weighted by Gasteiger charge is -2.18. The highest BCUT2D eigenvalue weighted by Crippen LogP contribution is 2.25. The molecule has 1 N–H and O–H groups in total. The fourth-order valence-corrected chi connectivity index (χ4v) is 2.40. The smallest absolute Gasteiger partial charge is 0.231 e. The first-order valence-electron chi connectivity index (χ1n) is 6.13. The van der Waals surface area contributed by atoms with Gasteiger partial charge in [-0.1, -0.05) is 28.9 Å². The molecule has 2 aromatic rings. The van der Waals surface area contributed by atoms with E-state index in [1.165, 1.54) is 0 Å². The van der Waals surface area contributed by atoms with E-state index in [2.05, 4.69) is 15.5 Å². The lowest BCUT2D eigenvalue weighted by Crippen LogP contribution is -2.28. The van der Waals surface area contributed by atoms with Crippen molar-refractivity contribution < 1.29 is 4.52 Å². The molecule has 1 atom stereocenters. The molecule has 0 unspecified atom stereocenters. The van der Waals surface area contributed by atoms with Crippen LogP contribution in [0.2, 0.25) is 5.02 Å². The van der Waals surface area contributed by atoms with Gasteiger partial charge in [0.1, 0.15) is 0 Å². The van der Waals surface area contributed by atoms with Gasteiger partial charge in [-0.25, -0.2) is 0 Å². The minimum Gasteiger partial charge on any atom is -0.339 e. The number of hydrogen-bond acceptors (Lipinski definition) is 4. The van der Waals surface area contributed by atoms with E-state index >= 15 is 0 Å². The van der Waals surface area contributed by atoms with Gasteiger partial charge < -0.3 is 9.84 Å². The topological polar surface area (TPSA) is 51.0 Å². The summed E-state index contributed by atoms with van der Waals surface area (Å²) in [6.45, 7) is 1.99. The van der Waals surface area contributed by atoms with E-state index < -0.39 is 0 Å². The van der Waals surface area contributed by atoms with Crippen LogP contribution in [-0.4, -0.2) is 23.2 Å². The maximum atomic E-state index is 5.95. The van der Waals surface area contributed by atoms with E-state index in [1.807, 2.05) is 24.3 Å². The molecule has 1 aliphatic heterocycles. The van der Waals surface area contributed by atoms with Gasteiger partial charge in [0.15, 0.2) is 0 Å². The van der Waals surface area contributed by atoms with E-state index in [9.17, 15) is 0 Å². The van der Waals surface area contributed by atoms with Crippen molar-refractivity contribution in [3.8, 4) is 11.4 Å². The number of nitrogens with zero attached hydrogens (tertiary/aromatic N) is 2. The Morgan fingerprint density at radius 3 is 3.11 bits per heavy atom. The molecule has 5 heteroatoms. The summed E-state index contributed by atoms with van der Waals surface area (Å²) >= 11 is 5.95. The number of hydrogen-bond donors (Lipinski definition) is 1. The molecule has 0 spiro atoms. The molecule has 0 bridgehead atoms. The van der Waals surface area contributed by atoms with Crippen molar-refractivity contribution in [1.29, 1.82) is 0 Å². The molecule has 1 aromatic carbocycles. The monoisotopic (exact) mass is 263 g/mol. The third-order valence-electron chi connectivity index (χ3n) is 3.17. The van der Waals surface area contributed by atoms with Crippen LogP contribution in [0.15, 0.2) is 28.8 Å². The Morgan fingerprint density at radius 2 is 2.33 bits per heavy atom. The Labute approximate surface area is 110 Å². The van der Waals surface area contributed by atoms with Crippen molar-refractivity contribution in [2.45, 2.75) is 18.8 Å². The molecule has 2 heterocycles. The zero-order chi connectivity index (χ0) is 12.4. The van der Waals surface area contributed by atoms with Crippen LogP contribution in [0.3, 0.4) is 0 Å². The predicted octanol–water partition coefficient (Wildman–Crippen LogP) is 2.86. The maximum absolute atomic E-state index is 5.95. The van der Waals surface area contributed by atoms with Gasteiger partial charge in [-0.15, -0.1) is 0 Å². The summed E-state index contributed by atoms with van der Waals surface area (Å²) in [6.07, 6.45) is 2.25. The highest BCUT2D eigenvalue weighted by molar-refractivity contribution is 6.30. The number of aromatic nitrogens is 2. The summed E-state index contributed by atoms with van der Waals surface area (Å²) in [7, 11) is 0. The van der Waals surface area contributed by atoms with E-state index in [0.29, 0.717) is 16.8 Å².